The molecule has 9 nitrogen and oxygen atoms in total. The number of ether oxygens (including phenoxy) is 4. The molecule has 9 heteroatoms. The highest BCUT2D eigenvalue weighted by molar-refractivity contribution is 5.71. The SMILES string of the molecule is CC/C=C\C/C=C\C/C=C\C/C=C\CCCCCCCCCCCCCCCCCCCCCCCCCCC(=O)OC(COC(=O)CCCCCCCCCCCCCCCCCCCCCCCCCCC/C=C\CCCCCCCCCC)COC(OCC[N+](C)(C)C)C(=O)O. The van der Waals surface area contributed by atoms with Gasteiger partial charge in [0.05, 0.1) is 34.4 Å². The lowest BCUT2D eigenvalue weighted by Gasteiger charge is -2.25. The highest BCUT2D eigenvalue weighted by Gasteiger charge is 2.25. The van der Waals surface area contributed by atoms with Crippen molar-refractivity contribution in [3.05, 3.63) is 60.8 Å². The van der Waals surface area contributed by atoms with Gasteiger partial charge in [-0.25, -0.2) is 4.79 Å². The first-order chi connectivity index (χ1) is 48.6. The van der Waals surface area contributed by atoms with E-state index in [1.165, 1.54) is 347 Å². The van der Waals surface area contributed by atoms with E-state index in [0.717, 1.165) is 64.2 Å². The van der Waals surface area contributed by atoms with Gasteiger partial charge in [0.1, 0.15) is 13.2 Å². The van der Waals surface area contributed by atoms with E-state index in [1.54, 1.807) is 0 Å². The summed E-state index contributed by atoms with van der Waals surface area (Å²) >= 11 is 0. The summed E-state index contributed by atoms with van der Waals surface area (Å²) in [4.78, 5) is 37.8. The van der Waals surface area contributed by atoms with Gasteiger partial charge in [-0.3, -0.25) is 9.59 Å². The van der Waals surface area contributed by atoms with E-state index < -0.39 is 18.4 Å². The summed E-state index contributed by atoms with van der Waals surface area (Å²) in [6.07, 6.45) is 106. The summed E-state index contributed by atoms with van der Waals surface area (Å²) in [6.45, 7) is 4.84. The van der Waals surface area contributed by atoms with E-state index in [-0.39, 0.29) is 38.2 Å². The first-order valence-corrected chi connectivity index (χ1v) is 43.5. The topological polar surface area (TPSA) is 108 Å². The van der Waals surface area contributed by atoms with Crippen molar-refractivity contribution in [3.8, 4) is 0 Å². The molecule has 0 aromatic rings. The maximum absolute atomic E-state index is 13.0. The zero-order valence-corrected chi connectivity index (χ0v) is 66.7. The van der Waals surface area contributed by atoms with Crippen molar-refractivity contribution < 1.29 is 42.9 Å². The van der Waals surface area contributed by atoms with Crippen LogP contribution in [0.25, 0.3) is 0 Å². The third-order valence-electron chi connectivity index (χ3n) is 19.8. The summed E-state index contributed by atoms with van der Waals surface area (Å²) < 4.78 is 23.1. The maximum Gasteiger partial charge on any atom is 0.361 e. The molecule has 0 aliphatic heterocycles. The fraction of sp³-hybridized carbons (Fsp3) is 0.856. The lowest BCUT2D eigenvalue weighted by atomic mass is 10.0. The number of carbonyl (C=O) groups excluding carboxylic acids is 2. The third kappa shape index (κ3) is 82.2. The number of esters is 2. The van der Waals surface area contributed by atoms with Crippen LogP contribution in [0.5, 0.6) is 0 Å². The van der Waals surface area contributed by atoms with Crippen LogP contribution in [0, 0.1) is 0 Å². The number of allylic oxidation sites excluding steroid dienone is 10. The zero-order chi connectivity index (χ0) is 71.8. The third-order valence-corrected chi connectivity index (χ3v) is 19.8. The van der Waals surface area contributed by atoms with Gasteiger partial charge in [0.25, 0.3) is 6.29 Å². The number of likely N-dealkylation sites (N-methyl/N-ethyl adjacent to an activating group) is 1. The Labute approximate surface area is 615 Å². The van der Waals surface area contributed by atoms with Gasteiger partial charge in [-0.2, -0.15) is 0 Å². The van der Waals surface area contributed by atoms with Crippen LogP contribution >= 0.6 is 0 Å². The first kappa shape index (κ1) is 96.0. The molecule has 0 aromatic carbocycles. The monoisotopic (exact) mass is 1390 g/mol. The predicted molar refractivity (Wildman–Crippen MR) is 429 cm³/mol. The molecule has 0 heterocycles. The number of aliphatic carboxylic acids is 1. The molecular formula is C90H168NO8+. The number of carboxylic acid groups (broad SMARTS) is 1. The minimum atomic E-state index is -1.51. The Hall–Kier alpha value is -3.01. The zero-order valence-electron chi connectivity index (χ0n) is 66.7. The Bertz CT molecular complexity index is 1820. The van der Waals surface area contributed by atoms with Crippen LogP contribution in [-0.4, -0.2) is 87.4 Å². The van der Waals surface area contributed by atoms with Crippen molar-refractivity contribution in [2.45, 2.75) is 450 Å². The fourth-order valence-electron chi connectivity index (χ4n) is 13.2. The summed E-state index contributed by atoms with van der Waals surface area (Å²) in [5.74, 6) is -1.97. The van der Waals surface area contributed by atoms with E-state index in [9.17, 15) is 19.5 Å². The predicted octanol–water partition coefficient (Wildman–Crippen LogP) is 28.2. The molecule has 0 bridgehead atoms. The maximum atomic E-state index is 13.0. The van der Waals surface area contributed by atoms with Gasteiger partial charge in [-0.05, 0) is 77.0 Å². The molecule has 0 radical (unpaired) electrons. The molecule has 0 amide bonds. The molecule has 0 rings (SSSR count). The lowest BCUT2D eigenvalue weighted by Crippen LogP contribution is -2.40. The van der Waals surface area contributed by atoms with Gasteiger partial charge in [-0.1, -0.05) is 408 Å². The molecule has 0 saturated heterocycles. The Kier molecular flexibility index (Phi) is 78.2. The van der Waals surface area contributed by atoms with Gasteiger partial charge in [0.15, 0.2) is 6.10 Å². The summed E-state index contributed by atoms with van der Waals surface area (Å²) in [5.41, 5.74) is 0. The molecule has 0 spiro atoms. The second-order valence-electron chi connectivity index (χ2n) is 30.8. The van der Waals surface area contributed by atoms with Crippen LogP contribution in [0.15, 0.2) is 60.8 Å². The lowest BCUT2D eigenvalue weighted by molar-refractivity contribution is -0.870. The highest BCUT2D eigenvalue weighted by Crippen LogP contribution is 2.21. The van der Waals surface area contributed by atoms with Gasteiger partial charge in [0.2, 0.25) is 0 Å². The van der Waals surface area contributed by atoms with Crippen LogP contribution in [0.3, 0.4) is 0 Å². The molecule has 2 atom stereocenters. The second-order valence-corrected chi connectivity index (χ2v) is 30.8. The summed E-state index contributed by atoms with van der Waals surface area (Å²) in [6, 6.07) is 0. The molecule has 2 unspecified atom stereocenters. The van der Waals surface area contributed by atoms with Crippen LogP contribution in [0.1, 0.15) is 438 Å². The van der Waals surface area contributed by atoms with Crippen LogP contribution in [0.4, 0.5) is 0 Å². The standard InChI is InChI=1S/C90H167NO8/c1-6-8-10-12-14-16-18-20-22-24-26-28-30-32-34-36-38-40-42-44-46-48-50-52-54-56-58-60-62-64-66-68-70-72-74-76-78-80-87(92)97-84-86(85-98-90(89(94)95)96-83-82-91(3,4)5)99-88(93)81-79-77-75-73-71-69-67-65-63-61-59-57-55-53-51-49-47-45-43-41-39-37-35-33-31-29-27-25-23-21-19-17-15-13-11-9-7-2/h9,11,15,17,21,23-24,26-27,29,86,90H,6-8,10,12-14,16,18-20,22,25,28,30-85H2,1-5H3/p+1/b11-9-,17-15-,23-21-,26-24-,29-27-. The average Bonchev–Trinajstić information content (AvgIpc) is 2.19. The molecular weight excluding hydrogens is 1220 g/mol. The normalized spacial score (nSPS) is 12.9. The largest absolute Gasteiger partial charge is 0.477 e. The number of rotatable bonds is 82. The van der Waals surface area contributed by atoms with Gasteiger partial charge in [0, 0.05) is 12.8 Å². The number of hydrogen-bond acceptors (Lipinski definition) is 7. The Morgan fingerprint density at radius 2 is 0.576 bits per heavy atom. The molecule has 0 saturated carbocycles. The average molecular weight is 1390 g/mol. The smallest absolute Gasteiger partial charge is 0.361 e. The van der Waals surface area contributed by atoms with E-state index in [2.05, 4.69) is 74.6 Å². The van der Waals surface area contributed by atoms with Crippen LogP contribution in [-0.2, 0) is 33.3 Å². The minimum absolute atomic E-state index is 0.176. The summed E-state index contributed by atoms with van der Waals surface area (Å²) in [7, 11) is 6.00. The van der Waals surface area contributed by atoms with Crippen molar-refractivity contribution in [2.24, 2.45) is 0 Å². The van der Waals surface area contributed by atoms with Crippen LogP contribution < -0.4 is 0 Å². The molecule has 0 aromatic heterocycles. The van der Waals surface area contributed by atoms with Crippen molar-refractivity contribution in [2.75, 3.05) is 47.5 Å². The Morgan fingerprint density at radius 3 is 0.869 bits per heavy atom. The van der Waals surface area contributed by atoms with Gasteiger partial charge < -0.3 is 28.5 Å². The second kappa shape index (κ2) is 80.7. The number of carbonyl (C=O) groups is 3. The molecule has 99 heavy (non-hydrogen) atoms. The Balaban J connectivity index is 3.92. The van der Waals surface area contributed by atoms with Gasteiger partial charge >= 0.3 is 17.9 Å². The molecule has 0 fully saturated rings. The summed E-state index contributed by atoms with van der Waals surface area (Å²) in [5, 5.41) is 9.79. The number of unbranched alkanes of at least 4 members (excludes halogenated alkanes) is 57. The Morgan fingerprint density at radius 1 is 0.313 bits per heavy atom. The number of quaternary nitrogens is 1. The highest BCUT2D eigenvalue weighted by atomic mass is 16.7. The van der Waals surface area contributed by atoms with Gasteiger partial charge in [-0.15, -0.1) is 0 Å². The van der Waals surface area contributed by atoms with Crippen molar-refractivity contribution in [3.63, 3.8) is 0 Å². The van der Waals surface area contributed by atoms with Crippen molar-refractivity contribution in [1.29, 1.82) is 0 Å². The number of carboxylic acids is 1. The quantitative estimate of drug-likeness (QED) is 0.0211. The minimum Gasteiger partial charge on any atom is -0.477 e. The van der Waals surface area contributed by atoms with Crippen molar-refractivity contribution in [1.82, 2.24) is 0 Å². The van der Waals surface area contributed by atoms with E-state index in [0.29, 0.717) is 17.4 Å². The van der Waals surface area contributed by atoms with E-state index >= 15 is 0 Å². The molecule has 1 N–H and O–H groups in total. The first-order valence-electron chi connectivity index (χ1n) is 43.5. The van der Waals surface area contributed by atoms with E-state index in [1.807, 2.05) is 21.1 Å². The fourth-order valence-corrected chi connectivity index (χ4v) is 13.2. The number of hydrogen-bond donors (Lipinski definition) is 1. The number of nitrogens with zero attached hydrogens (tertiary/aromatic N) is 1. The van der Waals surface area contributed by atoms with E-state index in [4.69, 9.17) is 18.9 Å². The molecule has 0 aliphatic carbocycles. The van der Waals surface area contributed by atoms with Crippen molar-refractivity contribution >= 4 is 17.9 Å². The molecule has 580 valence electrons. The van der Waals surface area contributed by atoms with Crippen LogP contribution in [0.2, 0.25) is 0 Å². The molecule has 0 aliphatic rings.